The molecule has 1 aliphatic heterocycles. The second-order valence-electron chi connectivity index (χ2n) is 5.87. The second-order valence-corrected chi connectivity index (χ2v) is 5.87. The van der Waals surface area contributed by atoms with Gasteiger partial charge in [0.1, 0.15) is 0 Å². The fourth-order valence-corrected chi connectivity index (χ4v) is 2.22. The molecule has 0 aromatic carbocycles. The molecule has 0 aromatic heterocycles. The van der Waals surface area contributed by atoms with Gasteiger partial charge in [0, 0.05) is 25.7 Å². The molecule has 1 atom stereocenters. The van der Waals surface area contributed by atoms with Crippen LogP contribution in [-0.2, 0) is 4.74 Å². The lowest BCUT2D eigenvalue weighted by Gasteiger charge is -2.26. The first-order valence-electron chi connectivity index (χ1n) is 7.28. The van der Waals surface area contributed by atoms with Gasteiger partial charge in [0.05, 0.1) is 13.2 Å². The predicted molar refractivity (Wildman–Crippen MR) is 77.1 cm³/mol. The second kappa shape index (κ2) is 8.86. The van der Waals surface area contributed by atoms with Crippen LogP contribution in [-0.4, -0.2) is 75.9 Å². The maximum atomic E-state index is 5.68. The van der Waals surface area contributed by atoms with Gasteiger partial charge in [-0.05, 0) is 39.5 Å². The Balaban J connectivity index is 2.15. The highest BCUT2D eigenvalue weighted by Gasteiger charge is 2.19. The molecule has 1 heterocycles. The summed E-state index contributed by atoms with van der Waals surface area (Å²) in [6.45, 7) is 11.9. The molecule has 4 heteroatoms. The third-order valence-corrected chi connectivity index (χ3v) is 3.55. The third-order valence-electron chi connectivity index (χ3n) is 3.55. The Hall–Kier alpha value is -0.160. The Morgan fingerprint density at radius 3 is 2.78 bits per heavy atom. The lowest BCUT2D eigenvalue weighted by atomic mass is 10.0. The summed E-state index contributed by atoms with van der Waals surface area (Å²) >= 11 is 0. The van der Waals surface area contributed by atoms with Crippen LogP contribution in [0.1, 0.15) is 20.3 Å². The normalized spacial score (nSPS) is 22.7. The van der Waals surface area contributed by atoms with E-state index >= 15 is 0 Å². The minimum absolute atomic E-state index is 0.634. The van der Waals surface area contributed by atoms with Crippen molar-refractivity contribution in [1.29, 1.82) is 0 Å². The van der Waals surface area contributed by atoms with Crippen molar-refractivity contribution in [2.24, 2.45) is 5.92 Å². The van der Waals surface area contributed by atoms with Gasteiger partial charge >= 0.3 is 0 Å². The van der Waals surface area contributed by atoms with Gasteiger partial charge in [-0.2, -0.15) is 0 Å². The number of likely N-dealkylation sites (N-methyl/N-ethyl adjacent to an activating group) is 1. The summed E-state index contributed by atoms with van der Waals surface area (Å²) in [5.74, 6) is 0.709. The zero-order chi connectivity index (χ0) is 13.4. The van der Waals surface area contributed by atoms with Crippen molar-refractivity contribution in [2.45, 2.75) is 26.3 Å². The number of nitrogens with zero attached hydrogens (tertiary/aromatic N) is 2. The Bertz CT molecular complexity index is 209. The van der Waals surface area contributed by atoms with Crippen LogP contribution >= 0.6 is 0 Å². The molecule has 0 aromatic rings. The summed E-state index contributed by atoms with van der Waals surface area (Å²) < 4.78 is 5.68. The maximum Gasteiger partial charge on any atom is 0.0594 e. The van der Waals surface area contributed by atoms with E-state index < -0.39 is 0 Å². The number of hydrogen-bond donors (Lipinski definition) is 1. The highest BCUT2D eigenvalue weighted by Crippen LogP contribution is 2.08. The first-order valence-corrected chi connectivity index (χ1v) is 7.28. The van der Waals surface area contributed by atoms with Gasteiger partial charge in [0.2, 0.25) is 0 Å². The van der Waals surface area contributed by atoms with Gasteiger partial charge in [-0.25, -0.2) is 0 Å². The fraction of sp³-hybridized carbons (Fsp3) is 1.00. The van der Waals surface area contributed by atoms with Crippen LogP contribution in [0.3, 0.4) is 0 Å². The number of hydrogen-bond acceptors (Lipinski definition) is 4. The number of rotatable bonds is 7. The van der Waals surface area contributed by atoms with E-state index in [0.717, 1.165) is 39.4 Å². The zero-order valence-corrected chi connectivity index (χ0v) is 12.6. The molecule has 108 valence electrons. The highest BCUT2D eigenvalue weighted by molar-refractivity contribution is 4.78. The van der Waals surface area contributed by atoms with E-state index in [1.165, 1.54) is 13.0 Å². The van der Waals surface area contributed by atoms with Gasteiger partial charge in [0.25, 0.3) is 0 Å². The molecule has 0 saturated carbocycles. The summed E-state index contributed by atoms with van der Waals surface area (Å²) in [5.41, 5.74) is 0. The first-order chi connectivity index (χ1) is 8.59. The van der Waals surface area contributed by atoms with Crippen LogP contribution in [0.2, 0.25) is 0 Å². The van der Waals surface area contributed by atoms with Gasteiger partial charge < -0.3 is 15.0 Å². The van der Waals surface area contributed by atoms with E-state index in [4.69, 9.17) is 4.74 Å². The number of ether oxygens (including phenoxy) is 1. The molecule has 0 spiro atoms. The largest absolute Gasteiger partial charge is 0.379 e. The smallest absolute Gasteiger partial charge is 0.0594 e. The van der Waals surface area contributed by atoms with Crippen molar-refractivity contribution in [3.8, 4) is 0 Å². The topological polar surface area (TPSA) is 27.7 Å². The third kappa shape index (κ3) is 6.69. The molecule has 0 amide bonds. The summed E-state index contributed by atoms with van der Waals surface area (Å²) in [6, 6.07) is 0.634. The van der Waals surface area contributed by atoms with Crippen LogP contribution in [0, 0.1) is 5.92 Å². The van der Waals surface area contributed by atoms with Gasteiger partial charge in [0.15, 0.2) is 0 Å². The number of nitrogens with one attached hydrogen (secondary N) is 1. The van der Waals surface area contributed by atoms with Crippen molar-refractivity contribution in [3.05, 3.63) is 0 Å². The van der Waals surface area contributed by atoms with Gasteiger partial charge in [-0.1, -0.05) is 13.8 Å². The van der Waals surface area contributed by atoms with Crippen molar-refractivity contribution in [2.75, 3.05) is 60.0 Å². The highest BCUT2D eigenvalue weighted by atomic mass is 16.5. The lowest BCUT2D eigenvalue weighted by molar-refractivity contribution is 0.0904. The molecule has 0 bridgehead atoms. The lowest BCUT2D eigenvalue weighted by Crippen LogP contribution is -2.42. The SMILES string of the molecule is CC(C)C1CN(CCOCCN(C)C)CCCN1. The van der Waals surface area contributed by atoms with E-state index in [1.807, 2.05) is 0 Å². The molecular weight excluding hydrogens is 226 g/mol. The average Bonchev–Trinajstić information content (AvgIpc) is 2.53. The monoisotopic (exact) mass is 257 g/mol. The Morgan fingerprint density at radius 2 is 2.11 bits per heavy atom. The minimum Gasteiger partial charge on any atom is -0.379 e. The molecule has 4 nitrogen and oxygen atoms in total. The molecule has 1 unspecified atom stereocenters. The standard InChI is InChI=1S/C14H31N3O/c1-13(2)14-12-17(7-5-6-15-14)9-11-18-10-8-16(3)4/h13-15H,5-12H2,1-4H3. The quantitative estimate of drug-likeness (QED) is 0.685. The molecular formula is C14H31N3O. The summed E-state index contributed by atoms with van der Waals surface area (Å²) in [5, 5.41) is 3.64. The molecule has 1 fully saturated rings. The van der Waals surface area contributed by atoms with Crippen molar-refractivity contribution >= 4 is 0 Å². The van der Waals surface area contributed by atoms with Gasteiger partial charge in [-0.3, -0.25) is 4.90 Å². The fourth-order valence-electron chi connectivity index (χ4n) is 2.22. The van der Waals surface area contributed by atoms with E-state index in [1.54, 1.807) is 0 Å². The average molecular weight is 257 g/mol. The van der Waals surface area contributed by atoms with Crippen molar-refractivity contribution in [3.63, 3.8) is 0 Å². The van der Waals surface area contributed by atoms with E-state index in [2.05, 4.69) is 43.1 Å². The van der Waals surface area contributed by atoms with Crippen molar-refractivity contribution in [1.82, 2.24) is 15.1 Å². The summed E-state index contributed by atoms with van der Waals surface area (Å²) in [4.78, 5) is 4.70. The zero-order valence-electron chi connectivity index (χ0n) is 12.6. The van der Waals surface area contributed by atoms with Crippen LogP contribution in [0.5, 0.6) is 0 Å². The predicted octanol–water partition coefficient (Wildman–Crippen LogP) is 0.885. The first kappa shape index (κ1) is 15.9. The van der Waals surface area contributed by atoms with Crippen LogP contribution in [0.15, 0.2) is 0 Å². The van der Waals surface area contributed by atoms with Gasteiger partial charge in [-0.15, -0.1) is 0 Å². The van der Waals surface area contributed by atoms with E-state index in [9.17, 15) is 0 Å². The summed E-state index contributed by atoms with van der Waals surface area (Å²) in [7, 11) is 4.16. The van der Waals surface area contributed by atoms with Crippen molar-refractivity contribution < 1.29 is 4.74 Å². The molecule has 18 heavy (non-hydrogen) atoms. The maximum absolute atomic E-state index is 5.68. The minimum atomic E-state index is 0.634. The molecule has 1 rings (SSSR count). The van der Waals surface area contributed by atoms with Crippen LogP contribution in [0.25, 0.3) is 0 Å². The van der Waals surface area contributed by atoms with Crippen LogP contribution in [0.4, 0.5) is 0 Å². The Kier molecular flexibility index (Phi) is 7.82. The molecule has 0 radical (unpaired) electrons. The van der Waals surface area contributed by atoms with E-state index in [0.29, 0.717) is 12.0 Å². The van der Waals surface area contributed by atoms with E-state index in [-0.39, 0.29) is 0 Å². The molecule has 0 aliphatic carbocycles. The Labute approximate surface area is 113 Å². The molecule has 1 N–H and O–H groups in total. The Morgan fingerprint density at radius 1 is 1.33 bits per heavy atom. The van der Waals surface area contributed by atoms with Crippen LogP contribution < -0.4 is 5.32 Å². The molecule has 1 aliphatic rings. The summed E-state index contributed by atoms with van der Waals surface area (Å²) in [6.07, 6.45) is 1.25. The molecule has 1 saturated heterocycles.